The Balaban J connectivity index is 0. The van der Waals surface area contributed by atoms with Crippen LogP contribution in [0.15, 0.2) is 0 Å². The lowest BCUT2D eigenvalue weighted by Gasteiger charge is -2.06. The summed E-state index contributed by atoms with van der Waals surface area (Å²) in [6.45, 7) is 5.12. The molecule has 0 saturated heterocycles. The molecule has 7 heteroatoms. The molecule has 6 nitrogen and oxygen atoms in total. The van der Waals surface area contributed by atoms with Crippen LogP contribution in [0.4, 0.5) is 0 Å². The van der Waals surface area contributed by atoms with Crippen molar-refractivity contribution in [2.24, 2.45) is 11.8 Å². The fraction of sp³-hybridized carbons (Fsp3) is 1.00. The van der Waals surface area contributed by atoms with E-state index in [1.807, 2.05) is 0 Å². The number of rotatable bonds is 2. The van der Waals surface area contributed by atoms with E-state index < -0.39 is 10.4 Å². The molecule has 0 atom stereocenters. The van der Waals surface area contributed by atoms with Crippen LogP contribution in [0, 0.1) is 5.92 Å². The van der Waals surface area contributed by atoms with Gasteiger partial charge in [-0.15, -0.1) is 0 Å². The van der Waals surface area contributed by atoms with Crippen LogP contribution in [-0.2, 0) is 10.4 Å². The number of hydrazine groups is 1. The monoisotopic (exact) mass is 184 g/mol. The first-order chi connectivity index (χ1) is 4.77. The summed E-state index contributed by atoms with van der Waals surface area (Å²) in [5.41, 5.74) is 2.57. The van der Waals surface area contributed by atoms with Gasteiger partial charge in [0.2, 0.25) is 0 Å². The molecule has 0 aromatic carbocycles. The van der Waals surface area contributed by atoms with Crippen molar-refractivity contribution in [2.75, 3.05) is 6.54 Å². The van der Waals surface area contributed by atoms with E-state index in [-0.39, 0.29) is 0 Å². The highest BCUT2D eigenvalue weighted by Crippen LogP contribution is 1.83. The maximum Gasteiger partial charge on any atom is 0.0311 e. The average molecular weight is 184 g/mol. The Labute approximate surface area is 66.3 Å². The predicted molar refractivity (Wildman–Crippen MR) is 37.5 cm³/mol. The van der Waals surface area contributed by atoms with Gasteiger partial charge in [0.1, 0.15) is 0 Å². The van der Waals surface area contributed by atoms with Crippen molar-refractivity contribution in [1.82, 2.24) is 5.43 Å². The lowest BCUT2D eigenvalue weighted by molar-refractivity contribution is 0.352. The highest BCUT2D eigenvalue weighted by Gasteiger charge is 1.84. The number of nitrogens with two attached hydrogens (primary N) is 1. The number of nitrogens with one attached hydrogen (secondary N) is 1. The van der Waals surface area contributed by atoms with Gasteiger partial charge in [-0.3, -0.25) is 19.7 Å². The summed E-state index contributed by atoms with van der Waals surface area (Å²) < 4.78 is 34.1. The standard InChI is InChI=1S/C4H12N2.H2O4S/c1-4(2)3-6-5;1-5(2,3)4/h4,6H,3,5H2,1-2H3;(H2,1,2,3,4)/p-2. The van der Waals surface area contributed by atoms with Crippen molar-refractivity contribution in [1.29, 1.82) is 0 Å². The third kappa shape index (κ3) is 76.3. The molecule has 0 unspecified atom stereocenters. The van der Waals surface area contributed by atoms with E-state index in [1.165, 1.54) is 0 Å². The van der Waals surface area contributed by atoms with Gasteiger partial charge >= 0.3 is 0 Å². The Bertz CT molecular complexity index is 157. The van der Waals surface area contributed by atoms with Crippen molar-refractivity contribution in [3.63, 3.8) is 0 Å². The first-order valence-electron chi connectivity index (χ1n) is 2.87. The minimum absolute atomic E-state index is 0.662. The molecule has 0 spiro atoms. The fourth-order valence-corrected chi connectivity index (χ4v) is 0.236. The molecule has 11 heavy (non-hydrogen) atoms. The van der Waals surface area contributed by atoms with Crippen LogP contribution in [-0.4, -0.2) is 24.1 Å². The van der Waals surface area contributed by atoms with E-state index in [1.54, 1.807) is 0 Å². The minimum atomic E-state index is -5.17. The summed E-state index contributed by atoms with van der Waals surface area (Å²) in [6.07, 6.45) is 0. The first kappa shape index (κ1) is 13.4. The molecule has 0 amide bonds. The first-order valence-corrected chi connectivity index (χ1v) is 4.21. The van der Waals surface area contributed by atoms with E-state index >= 15 is 0 Å². The van der Waals surface area contributed by atoms with Crippen LogP contribution in [0.2, 0.25) is 0 Å². The summed E-state index contributed by atoms with van der Waals surface area (Å²) in [5, 5.41) is 0. The highest BCUT2D eigenvalue weighted by atomic mass is 32.3. The van der Waals surface area contributed by atoms with Crippen molar-refractivity contribution < 1.29 is 17.5 Å². The third-order valence-electron chi connectivity index (χ3n) is 0.526. The molecule has 0 heterocycles. The molecule has 3 N–H and O–H groups in total. The van der Waals surface area contributed by atoms with Crippen LogP contribution in [0.5, 0.6) is 0 Å². The zero-order chi connectivity index (χ0) is 9.49. The van der Waals surface area contributed by atoms with E-state index in [9.17, 15) is 0 Å². The zero-order valence-electron chi connectivity index (χ0n) is 6.40. The van der Waals surface area contributed by atoms with Crippen molar-refractivity contribution in [2.45, 2.75) is 13.8 Å². The molecule has 0 aromatic rings. The maximum absolute atomic E-state index is 8.52. The molecule has 0 rings (SSSR count). The van der Waals surface area contributed by atoms with Gasteiger partial charge in [-0.25, -0.2) is 0 Å². The van der Waals surface area contributed by atoms with E-state index in [2.05, 4.69) is 19.3 Å². The largest absolute Gasteiger partial charge is 0.759 e. The lowest BCUT2D eigenvalue weighted by Crippen LogP contribution is -2.26. The molecule has 0 fully saturated rings. The molecule has 0 radical (unpaired) electrons. The summed E-state index contributed by atoms with van der Waals surface area (Å²) in [4.78, 5) is 0. The van der Waals surface area contributed by atoms with Gasteiger partial charge in [0.15, 0.2) is 0 Å². The van der Waals surface area contributed by atoms with Crippen molar-refractivity contribution in [3.05, 3.63) is 0 Å². The van der Waals surface area contributed by atoms with Gasteiger partial charge < -0.3 is 9.11 Å². The second-order valence-corrected chi connectivity index (χ2v) is 3.03. The number of hydrogen-bond acceptors (Lipinski definition) is 6. The second-order valence-electron chi connectivity index (χ2n) is 2.21. The fourth-order valence-electron chi connectivity index (χ4n) is 0.236. The van der Waals surface area contributed by atoms with E-state index in [0.717, 1.165) is 6.54 Å². The lowest BCUT2D eigenvalue weighted by atomic mass is 10.2. The molecule has 0 aliphatic carbocycles. The van der Waals surface area contributed by atoms with Crippen LogP contribution in [0.3, 0.4) is 0 Å². The van der Waals surface area contributed by atoms with Crippen LogP contribution in [0.25, 0.3) is 0 Å². The van der Waals surface area contributed by atoms with Gasteiger partial charge in [-0.1, -0.05) is 13.8 Å². The molecule has 0 bridgehead atoms. The highest BCUT2D eigenvalue weighted by molar-refractivity contribution is 7.79. The Morgan fingerprint density at radius 3 is 1.73 bits per heavy atom. The molecule has 0 saturated carbocycles. The molecule has 70 valence electrons. The Morgan fingerprint density at radius 2 is 1.73 bits per heavy atom. The minimum Gasteiger partial charge on any atom is -0.759 e. The van der Waals surface area contributed by atoms with E-state index in [4.69, 9.17) is 23.4 Å². The maximum atomic E-state index is 8.52. The molecular weight excluding hydrogens is 172 g/mol. The van der Waals surface area contributed by atoms with Gasteiger partial charge in [0.25, 0.3) is 0 Å². The molecule has 0 aliphatic heterocycles. The van der Waals surface area contributed by atoms with Crippen LogP contribution < -0.4 is 11.3 Å². The van der Waals surface area contributed by atoms with Crippen molar-refractivity contribution in [3.8, 4) is 0 Å². The van der Waals surface area contributed by atoms with Crippen LogP contribution >= 0.6 is 0 Å². The normalized spacial score (nSPS) is 10.7. The quantitative estimate of drug-likeness (QED) is 0.240. The summed E-state index contributed by atoms with van der Waals surface area (Å²) in [7, 11) is -5.17. The second kappa shape index (κ2) is 6.50. The Hall–Kier alpha value is -0.210. The number of hydrogen-bond donors (Lipinski definition) is 2. The van der Waals surface area contributed by atoms with Gasteiger partial charge in [0.05, 0.1) is 0 Å². The topological polar surface area (TPSA) is 118 Å². The average Bonchev–Trinajstić information content (AvgIpc) is 1.58. The van der Waals surface area contributed by atoms with Crippen molar-refractivity contribution >= 4 is 10.4 Å². The van der Waals surface area contributed by atoms with Gasteiger partial charge in [0, 0.05) is 16.9 Å². The Kier molecular flexibility index (Phi) is 7.91. The SMILES string of the molecule is CC(C)CNN.O=S(=O)([O-])[O-]. The summed E-state index contributed by atoms with van der Waals surface area (Å²) >= 11 is 0. The molecular formula is C4H12N2O4S-2. The molecule has 0 aliphatic rings. The molecule has 0 aromatic heterocycles. The smallest absolute Gasteiger partial charge is 0.0311 e. The Morgan fingerprint density at radius 1 is 1.45 bits per heavy atom. The van der Waals surface area contributed by atoms with Gasteiger partial charge in [-0.2, -0.15) is 0 Å². The third-order valence-corrected chi connectivity index (χ3v) is 0.526. The zero-order valence-corrected chi connectivity index (χ0v) is 7.22. The van der Waals surface area contributed by atoms with Gasteiger partial charge in [-0.05, 0) is 5.92 Å². The predicted octanol–water partition coefficient (Wildman–Crippen LogP) is -1.23. The van der Waals surface area contributed by atoms with E-state index in [0.29, 0.717) is 5.92 Å². The van der Waals surface area contributed by atoms with Crippen LogP contribution in [0.1, 0.15) is 13.8 Å². The summed E-state index contributed by atoms with van der Waals surface area (Å²) in [6, 6.07) is 0. The summed E-state index contributed by atoms with van der Waals surface area (Å²) in [5.74, 6) is 5.64.